The van der Waals surface area contributed by atoms with Crippen LogP contribution in [0.1, 0.15) is 27.6 Å². The van der Waals surface area contributed by atoms with Gasteiger partial charge in [0.05, 0.1) is 41.5 Å². The summed E-state index contributed by atoms with van der Waals surface area (Å²) in [4.78, 5) is 38.5. The molecule has 2 amide bonds. The van der Waals surface area contributed by atoms with Crippen molar-refractivity contribution in [3.05, 3.63) is 33.3 Å². The average Bonchev–Trinajstić information content (AvgIpc) is 3.12. The Morgan fingerprint density at radius 2 is 1.68 bits per heavy atom. The lowest BCUT2D eigenvalue weighted by Gasteiger charge is -2.32. The molecule has 0 radical (unpaired) electrons. The smallest absolute Gasteiger partial charge is 0.315 e. The first-order valence-corrected chi connectivity index (χ1v) is 8.25. The molecule has 2 heterocycles. The monoisotopic (exact) mass is 387 g/mol. The number of amides is 2. The lowest BCUT2D eigenvalue weighted by atomic mass is 9.99. The molecule has 134 valence electrons. The van der Waals surface area contributed by atoms with Gasteiger partial charge in [-0.15, -0.1) is 0 Å². The molecule has 0 bridgehead atoms. The number of carbonyl (C=O) groups excluding carboxylic acids is 3. The highest BCUT2D eigenvalue weighted by molar-refractivity contribution is 6.41. The summed E-state index contributed by atoms with van der Waals surface area (Å²) in [7, 11) is 1.21. The molecule has 0 spiro atoms. The summed E-state index contributed by atoms with van der Waals surface area (Å²) in [6.07, 6.45) is 0. The second-order valence-corrected chi connectivity index (χ2v) is 6.60. The predicted octanol–water partition coefficient (Wildman–Crippen LogP) is 2.14. The van der Waals surface area contributed by atoms with Crippen LogP contribution in [0.2, 0.25) is 10.0 Å². The second-order valence-electron chi connectivity index (χ2n) is 5.79. The molecular formula is C16H15Cl2NO6. The van der Waals surface area contributed by atoms with Crippen LogP contribution in [0.5, 0.6) is 0 Å². The number of hydrogen-bond donors (Lipinski definition) is 0. The van der Waals surface area contributed by atoms with Gasteiger partial charge >= 0.3 is 5.97 Å². The van der Waals surface area contributed by atoms with Gasteiger partial charge < -0.3 is 14.2 Å². The van der Waals surface area contributed by atoms with Crippen LogP contribution >= 0.6 is 23.2 Å². The minimum atomic E-state index is -1.30. The normalized spacial score (nSPS) is 19.9. The summed E-state index contributed by atoms with van der Waals surface area (Å²) in [5, 5.41) is 0.240. The summed E-state index contributed by atoms with van der Waals surface area (Å²) in [5.74, 6) is -4.21. The Morgan fingerprint density at radius 3 is 2.12 bits per heavy atom. The molecular weight excluding hydrogens is 373 g/mol. The molecule has 1 aromatic carbocycles. The highest BCUT2D eigenvalue weighted by Crippen LogP contribution is 2.37. The molecule has 9 heteroatoms. The van der Waals surface area contributed by atoms with Crippen molar-refractivity contribution in [3.8, 4) is 0 Å². The first-order chi connectivity index (χ1) is 11.8. The minimum Gasteiger partial charge on any atom is -0.469 e. The van der Waals surface area contributed by atoms with Gasteiger partial charge in [-0.05, 0) is 19.1 Å². The zero-order valence-electron chi connectivity index (χ0n) is 13.5. The summed E-state index contributed by atoms with van der Waals surface area (Å²) >= 11 is 12.1. The molecule has 1 unspecified atom stereocenters. The molecule has 1 saturated heterocycles. The number of fused-ring (bicyclic) bond motifs is 1. The van der Waals surface area contributed by atoms with Crippen molar-refractivity contribution in [2.45, 2.75) is 12.7 Å². The lowest BCUT2D eigenvalue weighted by Crippen LogP contribution is -2.49. The van der Waals surface area contributed by atoms with Gasteiger partial charge in [-0.3, -0.25) is 19.3 Å². The molecule has 25 heavy (non-hydrogen) atoms. The highest BCUT2D eigenvalue weighted by Gasteiger charge is 2.49. The molecule has 2 aliphatic rings. The summed E-state index contributed by atoms with van der Waals surface area (Å²) in [6.45, 7) is 1.88. The molecule has 1 fully saturated rings. The van der Waals surface area contributed by atoms with Crippen molar-refractivity contribution in [1.29, 1.82) is 0 Å². The number of ether oxygens (including phenoxy) is 3. The molecule has 7 nitrogen and oxygen atoms in total. The predicted molar refractivity (Wildman–Crippen MR) is 87.6 cm³/mol. The van der Waals surface area contributed by atoms with Crippen molar-refractivity contribution < 1.29 is 28.6 Å². The Hall–Kier alpha value is -1.67. The number of hydrogen-bond acceptors (Lipinski definition) is 6. The molecule has 0 aliphatic carbocycles. The Morgan fingerprint density at radius 1 is 1.20 bits per heavy atom. The number of halogens is 2. The van der Waals surface area contributed by atoms with Gasteiger partial charge in [0, 0.05) is 6.54 Å². The van der Waals surface area contributed by atoms with Gasteiger partial charge in [-0.1, -0.05) is 23.2 Å². The van der Waals surface area contributed by atoms with Gasteiger partial charge in [0.1, 0.15) is 5.92 Å². The molecule has 1 aromatic rings. The van der Waals surface area contributed by atoms with Gasteiger partial charge in [0.2, 0.25) is 0 Å². The van der Waals surface area contributed by atoms with Crippen molar-refractivity contribution in [2.24, 2.45) is 5.92 Å². The van der Waals surface area contributed by atoms with E-state index in [1.807, 2.05) is 0 Å². The first kappa shape index (κ1) is 18.1. The van der Waals surface area contributed by atoms with E-state index in [4.69, 9.17) is 37.4 Å². The van der Waals surface area contributed by atoms with Crippen LogP contribution in [-0.2, 0) is 19.0 Å². The quantitative estimate of drug-likeness (QED) is 0.581. The number of imide groups is 1. The third-order valence-corrected chi connectivity index (χ3v) is 5.00. The molecule has 2 aliphatic heterocycles. The van der Waals surface area contributed by atoms with E-state index < -0.39 is 29.5 Å². The number of nitrogens with zero attached hydrogens (tertiary/aromatic N) is 1. The number of esters is 1. The maximum atomic E-state index is 12.7. The van der Waals surface area contributed by atoms with E-state index in [9.17, 15) is 14.4 Å². The molecule has 3 rings (SSSR count). The topological polar surface area (TPSA) is 82.1 Å². The molecule has 0 saturated carbocycles. The van der Waals surface area contributed by atoms with E-state index in [-0.39, 0.29) is 27.7 Å². The van der Waals surface area contributed by atoms with Crippen LogP contribution in [0.4, 0.5) is 0 Å². The Balaban J connectivity index is 1.95. The van der Waals surface area contributed by atoms with E-state index in [1.165, 1.54) is 19.2 Å². The fourth-order valence-corrected chi connectivity index (χ4v) is 3.49. The zero-order chi connectivity index (χ0) is 18.4. The van der Waals surface area contributed by atoms with Crippen molar-refractivity contribution in [1.82, 2.24) is 4.90 Å². The van der Waals surface area contributed by atoms with Crippen LogP contribution in [0.3, 0.4) is 0 Å². The minimum absolute atomic E-state index is 0.0289. The summed E-state index contributed by atoms with van der Waals surface area (Å²) in [6, 6.07) is 2.89. The van der Waals surface area contributed by atoms with Gasteiger partial charge in [0.25, 0.3) is 11.8 Å². The Labute approximate surface area is 153 Å². The fraction of sp³-hybridized carbons (Fsp3) is 0.438. The third kappa shape index (κ3) is 2.91. The number of methoxy groups -OCH3 is 1. The second kappa shape index (κ2) is 6.57. The molecule has 0 N–H and O–H groups in total. The van der Waals surface area contributed by atoms with Crippen molar-refractivity contribution in [3.63, 3.8) is 0 Å². The van der Waals surface area contributed by atoms with Crippen LogP contribution in [0.15, 0.2) is 12.1 Å². The van der Waals surface area contributed by atoms with Gasteiger partial charge in [-0.25, -0.2) is 0 Å². The lowest BCUT2D eigenvalue weighted by molar-refractivity contribution is -0.199. The van der Waals surface area contributed by atoms with Gasteiger partial charge in [-0.2, -0.15) is 0 Å². The van der Waals surface area contributed by atoms with E-state index in [1.54, 1.807) is 6.92 Å². The first-order valence-electron chi connectivity index (χ1n) is 7.50. The zero-order valence-corrected chi connectivity index (χ0v) is 15.0. The standard InChI is InChI=1S/C16H15Cl2NO6/c1-16(24-5-6-25-16)8(15(22)23-2)7-19-13(20)11-9(17)3-4-10(18)12(11)14(19)21/h3-4,8H,5-7H2,1-2H3. The highest BCUT2D eigenvalue weighted by atomic mass is 35.5. The maximum absolute atomic E-state index is 12.7. The fourth-order valence-electron chi connectivity index (χ4n) is 3.01. The molecule has 0 aromatic heterocycles. The van der Waals surface area contributed by atoms with Crippen LogP contribution < -0.4 is 0 Å². The van der Waals surface area contributed by atoms with Crippen molar-refractivity contribution >= 4 is 41.0 Å². The number of carbonyl (C=O) groups is 3. The van der Waals surface area contributed by atoms with E-state index in [0.29, 0.717) is 13.2 Å². The van der Waals surface area contributed by atoms with Crippen molar-refractivity contribution in [2.75, 3.05) is 26.9 Å². The summed E-state index contributed by atoms with van der Waals surface area (Å²) < 4.78 is 15.8. The Bertz CT molecular complexity index is 718. The van der Waals surface area contributed by atoms with E-state index in [2.05, 4.69) is 0 Å². The van der Waals surface area contributed by atoms with Crippen LogP contribution in [-0.4, -0.2) is 55.3 Å². The van der Waals surface area contributed by atoms with E-state index in [0.717, 1.165) is 4.90 Å². The third-order valence-electron chi connectivity index (χ3n) is 4.37. The SMILES string of the molecule is COC(=O)C(CN1C(=O)c2c(Cl)ccc(Cl)c2C1=O)C1(C)OCCO1. The maximum Gasteiger partial charge on any atom is 0.315 e. The summed E-state index contributed by atoms with van der Waals surface area (Å²) in [5.41, 5.74) is 0.0578. The van der Waals surface area contributed by atoms with Crippen LogP contribution in [0, 0.1) is 5.92 Å². The Kier molecular flexibility index (Phi) is 4.76. The number of rotatable bonds is 4. The largest absolute Gasteiger partial charge is 0.469 e. The van der Waals surface area contributed by atoms with Gasteiger partial charge in [0.15, 0.2) is 5.79 Å². The number of benzene rings is 1. The van der Waals surface area contributed by atoms with E-state index >= 15 is 0 Å². The average molecular weight is 388 g/mol. The van der Waals surface area contributed by atoms with Crippen LogP contribution in [0.25, 0.3) is 0 Å². The molecule has 1 atom stereocenters.